The van der Waals surface area contributed by atoms with Gasteiger partial charge in [-0.05, 0) is 38.8 Å². The molecule has 0 aliphatic rings. The number of carbonyl (C=O) groups excluding carboxylic acids is 1. The monoisotopic (exact) mass is 329 g/mol. The first-order chi connectivity index (χ1) is 11.6. The largest absolute Gasteiger partial charge is 0.493 e. The molecule has 0 heterocycles. The number of hydrogen-bond acceptors (Lipinski definition) is 3. The molecular weight excluding hydrogens is 302 g/mol. The fourth-order valence-corrected chi connectivity index (χ4v) is 2.62. The van der Waals surface area contributed by atoms with E-state index in [1.807, 2.05) is 57.2 Å². The van der Waals surface area contributed by atoms with Gasteiger partial charge in [0.05, 0.1) is 6.61 Å². The summed E-state index contributed by atoms with van der Waals surface area (Å²) >= 11 is 0. The Morgan fingerprint density at radius 3 is 2.42 bits per heavy atom. The van der Waals surface area contributed by atoms with E-state index in [9.17, 15) is 4.79 Å². The Kier molecular flexibility index (Phi) is 6.21. The molecule has 0 spiro atoms. The molecule has 1 N–H and O–H groups in total. The molecule has 24 heavy (non-hydrogen) atoms. The van der Waals surface area contributed by atoms with E-state index in [1.165, 1.54) is 0 Å². The summed E-state index contributed by atoms with van der Waals surface area (Å²) in [4.78, 5) is 12.7. The van der Waals surface area contributed by atoms with Crippen molar-refractivity contribution in [2.45, 2.75) is 46.1 Å². The van der Waals surface area contributed by atoms with Gasteiger partial charge in [0, 0.05) is 23.1 Å². The molecule has 1 atom stereocenters. The second-order valence-corrected chi connectivity index (χ2v) is 5.98. The Hall–Kier alpha value is -2.07. The van der Waals surface area contributed by atoms with Crippen LogP contribution >= 0.6 is 0 Å². The molecule has 0 aliphatic heterocycles. The Morgan fingerprint density at radius 1 is 1.08 bits per heavy atom. The lowest BCUT2D eigenvalue weighted by Crippen LogP contribution is -2.42. The Balaban J connectivity index is 2.35. The molecule has 0 bridgehead atoms. The molecule has 130 valence electrons. The predicted octanol–water partition coefficient (Wildman–Crippen LogP) is 4.77. The Labute approximate surface area is 144 Å². The van der Waals surface area contributed by atoms with Crippen LogP contribution in [0.2, 0.25) is 0 Å². The number of anilines is 1. The molecule has 0 aromatic heterocycles. The topological polar surface area (TPSA) is 47.6 Å². The molecule has 0 saturated carbocycles. The van der Waals surface area contributed by atoms with Crippen LogP contribution in [0.3, 0.4) is 0 Å². The molecule has 0 radical (unpaired) electrons. The van der Waals surface area contributed by atoms with E-state index < -0.39 is 5.60 Å². The minimum Gasteiger partial charge on any atom is -0.493 e. The van der Waals surface area contributed by atoms with E-state index in [0.29, 0.717) is 19.6 Å². The first kappa shape index (κ1) is 18.3. The third-order valence-corrected chi connectivity index (χ3v) is 4.21. The summed E-state index contributed by atoms with van der Waals surface area (Å²) in [5, 5.41) is 4.99. The Bertz CT molecular complexity index is 698. The highest BCUT2D eigenvalue weighted by atomic mass is 16.5. The number of carbonyl (C=O) groups is 1. The maximum atomic E-state index is 12.7. The van der Waals surface area contributed by atoms with Gasteiger partial charge in [-0.15, -0.1) is 0 Å². The highest BCUT2D eigenvalue weighted by Gasteiger charge is 2.32. The van der Waals surface area contributed by atoms with Crippen molar-refractivity contribution in [3.05, 3.63) is 36.4 Å². The fraction of sp³-hybridized carbons (Fsp3) is 0.450. The summed E-state index contributed by atoms with van der Waals surface area (Å²) < 4.78 is 11.5. The smallest absolute Gasteiger partial charge is 0.256 e. The fourth-order valence-electron chi connectivity index (χ4n) is 2.62. The quantitative estimate of drug-likeness (QED) is 0.758. The van der Waals surface area contributed by atoms with Crippen LogP contribution in [0.25, 0.3) is 10.8 Å². The van der Waals surface area contributed by atoms with Gasteiger partial charge in [0.15, 0.2) is 0 Å². The highest BCUT2D eigenvalue weighted by Crippen LogP contribution is 2.32. The van der Waals surface area contributed by atoms with Crippen LogP contribution in [0.5, 0.6) is 5.75 Å². The number of fused-ring (bicyclic) bond motifs is 1. The van der Waals surface area contributed by atoms with Gasteiger partial charge in [0.25, 0.3) is 5.91 Å². The Morgan fingerprint density at radius 2 is 1.79 bits per heavy atom. The SMILES string of the molecule is CCCOc1ccc(NC(=O)C(C)(CC)OCC)c2ccccc12. The van der Waals surface area contributed by atoms with Gasteiger partial charge in [-0.3, -0.25) is 4.79 Å². The number of ether oxygens (including phenoxy) is 2. The van der Waals surface area contributed by atoms with E-state index in [4.69, 9.17) is 9.47 Å². The van der Waals surface area contributed by atoms with Gasteiger partial charge < -0.3 is 14.8 Å². The zero-order valence-electron chi connectivity index (χ0n) is 15.0. The van der Waals surface area contributed by atoms with E-state index >= 15 is 0 Å². The van der Waals surface area contributed by atoms with E-state index in [2.05, 4.69) is 12.2 Å². The van der Waals surface area contributed by atoms with Crippen molar-refractivity contribution in [1.82, 2.24) is 0 Å². The van der Waals surface area contributed by atoms with Crippen molar-refractivity contribution in [3.63, 3.8) is 0 Å². The summed E-state index contributed by atoms with van der Waals surface area (Å²) in [5.41, 5.74) is -0.0495. The molecule has 1 amide bonds. The second-order valence-electron chi connectivity index (χ2n) is 5.98. The molecule has 2 aromatic carbocycles. The second kappa shape index (κ2) is 8.15. The average molecular weight is 329 g/mol. The zero-order chi connectivity index (χ0) is 17.6. The van der Waals surface area contributed by atoms with Crippen LogP contribution in [0.1, 0.15) is 40.5 Å². The average Bonchev–Trinajstić information content (AvgIpc) is 2.61. The van der Waals surface area contributed by atoms with Crippen molar-refractivity contribution >= 4 is 22.4 Å². The molecule has 2 aromatic rings. The van der Waals surface area contributed by atoms with Crippen molar-refractivity contribution in [2.24, 2.45) is 0 Å². The summed E-state index contributed by atoms with van der Waals surface area (Å²) in [7, 11) is 0. The van der Waals surface area contributed by atoms with Crippen LogP contribution < -0.4 is 10.1 Å². The molecular formula is C20H27NO3. The molecule has 0 fully saturated rings. The van der Waals surface area contributed by atoms with Crippen molar-refractivity contribution in [3.8, 4) is 5.75 Å². The van der Waals surface area contributed by atoms with E-state index in [1.54, 1.807) is 0 Å². The number of amides is 1. The minimum absolute atomic E-state index is 0.126. The van der Waals surface area contributed by atoms with Crippen LogP contribution in [-0.4, -0.2) is 24.7 Å². The highest BCUT2D eigenvalue weighted by molar-refractivity contribution is 6.06. The third-order valence-electron chi connectivity index (χ3n) is 4.21. The maximum Gasteiger partial charge on any atom is 0.256 e. The molecule has 2 rings (SSSR count). The normalized spacial score (nSPS) is 13.5. The standard InChI is InChI=1S/C20H27NO3/c1-5-14-23-18-13-12-17(15-10-8-9-11-16(15)18)21-19(22)20(4,6-2)24-7-3/h8-13H,5-7,14H2,1-4H3,(H,21,22). The van der Waals surface area contributed by atoms with Crippen molar-refractivity contribution < 1.29 is 14.3 Å². The number of hydrogen-bond donors (Lipinski definition) is 1. The molecule has 0 saturated heterocycles. The number of benzene rings is 2. The molecule has 4 nitrogen and oxygen atoms in total. The maximum absolute atomic E-state index is 12.7. The van der Waals surface area contributed by atoms with E-state index in [0.717, 1.165) is 28.6 Å². The lowest BCUT2D eigenvalue weighted by molar-refractivity contribution is -0.139. The predicted molar refractivity (Wildman–Crippen MR) is 98.7 cm³/mol. The van der Waals surface area contributed by atoms with E-state index in [-0.39, 0.29) is 5.91 Å². The molecule has 4 heteroatoms. The summed E-state index contributed by atoms with van der Waals surface area (Å²) in [6.07, 6.45) is 1.57. The number of rotatable bonds is 8. The van der Waals surface area contributed by atoms with Crippen LogP contribution in [-0.2, 0) is 9.53 Å². The van der Waals surface area contributed by atoms with Gasteiger partial charge in [-0.25, -0.2) is 0 Å². The van der Waals surface area contributed by atoms with Gasteiger partial charge in [0.1, 0.15) is 11.4 Å². The van der Waals surface area contributed by atoms with Gasteiger partial charge in [-0.2, -0.15) is 0 Å². The van der Waals surface area contributed by atoms with Gasteiger partial charge in [0.2, 0.25) is 0 Å². The summed E-state index contributed by atoms with van der Waals surface area (Å²) in [6, 6.07) is 11.8. The number of nitrogens with one attached hydrogen (secondary N) is 1. The summed E-state index contributed by atoms with van der Waals surface area (Å²) in [6.45, 7) is 8.94. The van der Waals surface area contributed by atoms with Gasteiger partial charge >= 0.3 is 0 Å². The third kappa shape index (κ3) is 3.88. The van der Waals surface area contributed by atoms with Crippen LogP contribution in [0.15, 0.2) is 36.4 Å². The zero-order valence-corrected chi connectivity index (χ0v) is 15.0. The lowest BCUT2D eigenvalue weighted by atomic mass is 10.0. The lowest BCUT2D eigenvalue weighted by Gasteiger charge is -2.27. The van der Waals surface area contributed by atoms with Crippen molar-refractivity contribution in [2.75, 3.05) is 18.5 Å². The van der Waals surface area contributed by atoms with Crippen molar-refractivity contribution in [1.29, 1.82) is 0 Å². The molecule has 1 unspecified atom stereocenters. The molecule has 0 aliphatic carbocycles. The summed E-state index contributed by atoms with van der Waals surface area (Å²) in [5.74, 6) is 0.716. The van der Waals surface area contributed by atoms with Gasteiger partial charge in [-0.1, -0.05) is 38.1 Å². The minimum atomic E-state index is -0.826. The van der Waals surface area contributed by atoms with Crippen LogP contribution in [0.4, 0.5) is 5.69 Å². The first-order valence-corrected chi connectivity index (χ1v) is 8.65. The first-order valence-electron chi connectivity index (χ1n) is 8.65. The van der Waals surface area contributed by atoms with Crippen LogP contribution in [0, 0.1) is 0 Å².